The number of nitrogens with zero attached hydrogens (tertiary/aromatic N) is 5. The average Bonchev–Trinajstić information content (AvgIpc) is 3.18. The molecule has 8 nitrogen and oxygen atoms in total. The number of fused-ring (bicyclic) bond motifs is 1. The van der Waals surface area contributed by atoms with Gasteiger partial charge in [0, 0.05) is 45.2 Å². The van der Waals surface area contributed by atoms with Crippen molar-refractivity contribution >= 4 is 5.91 Å². The third-order valence-electron chi connectivity index (χ3n) is 5.57. The Hall–Kier alpha value is -1.96. The van der Waals surface area contributed by atoms with E-state index in [0.717, 1.165) is 30.6 Å². The molecule has 8 heteroatoms. The molecule has 2 saturated heterocycles. The predicted octanol–water partition coefficient (Wildman–Crippen LogP) is -0.706. The van der Waals surface area contributed by atoms with Gasteiger partial charge in [-0.15, -0.1) is 0 Å². The number of carbonyl (C=O) groups excluding carboxylic acids is 1. The van der Waals surface area contributed by atoms with Crippen molar-refractivity contribution in [3.05, 3.63) is 26.5 Å². The van der Waals surface area contributed by atoms with Crippen LogP contribution in [0.1, 0.15) is 32.5 Å². The van der Waals surface area contributed by atoms with Crippen molar-refractivity contribution in [2.75, 3.05) is 26.2 Å². The number of aryl methyl sites for hydroxylation is 1. The van der Waals surface area contributed by atoms with Gasteiger partial charge in [0.05, 0.1) is 0 Å². The quantitative estimate of drug-likeness (QED) is 0.675. The summed E-state index contributed by atoms with van der Waals surface area (Å²) in [6, 6.07) is 0.410. The molecule has 4 heterocycles. The van der Waals surface area contributed by atoms with Gasteiger partial charge in [-0.3, -0.25) is 23.9 Å². The number of rotatable bonds is 3. The van der Waals surface area contributed by atoms with Gasteiger partial charge in [-0.05, 0) is 18.3 Å². The highest BCUT2D eigenvalue weighted by Gasteiger charge is 2.41. The van der Waals surface area contributed by atoms with Crippen LogP contribution in [-0.2, 0) is 24.3 Å². The highest BCUT2D eigenvalue weighted by atomic mass is 16.2. The summed E-state index contributed by atoms with van der Waals surface area (Å²) in [5.74, 6) is 0.485. The highest BCUT2D eigenvalue weighted by Crippen LogP contribution is 2.33. The molecule has 136 valence electrons. The van der Waals surface area contributed by atoms with E-state index in [1.807, 2.05) is 0 Å². The molecule has 25 heavy (non-hydrogen) atoms. The molecule has 3 aliphatic rings. The maximum atomic E-state index is 12.6. The largest absolute Gasteiger partial charge is 0.339 e. The van der Waals surface area contributed by atoms with E-state index < -0.39 is 11.1 Å². The van der Waals surface area contributed by atoms with Crippen molar-refractivity contribution < 1.29 is 4.79 Å². The zero-order chi connectivity index (χ0) is 17.8. The summed E-state index contributed by atoms with van der Waals surface area (Å²) in [7, 11) is 0. The summed E-state index contributed by atoms with van der Waals surface area (Å²) in [4.78, 5) is 41.1. The minimum atomic E-state index is -0.695. The first-order valence-corrected chi connectivity index (χ1v) is 9.07. The zero-order valence-electron chi connectivity index (χ0n) is 14.9. The fraction of sp³-hybridized carbons (Fsp3) is 0.765. The highest BCUT2D eigenvalue weighted by molar-refractivity contribution is 5.76. The lowest BCUT2D eigenvalue weighted by molar-refractivity contribution is -0.131. The van der Waals surface area contributed by atoms with Crippen LogP contribution in [0.4, 0.5) is 0 Å². The van der Waals surface area contributed by atoms with Crippen LogP contribution in [-0.4, -0.2) is 62.3 Å². The van der Waals surface area contributed by atoms with E-state index in [0.29, 0.717) is 43.3 Å². The molecule has 0 saturated carbocycles. The second-order valence-corrected chi connectivity index (χ2v) is 8.29. The number of amides is 1. The van der Waals surface area contributed by atoms with Crippen molar-refractivity contribution in [2.45, 2.75) is 52.2 Å². The SMILES string of the molecule is CC1(C)CN(C2CCN(C(=O)Cn3nc4n(c(=O)c3=O)CCC4)C2)C1. The molecule has 1 amide bonds. The lowest BCUT2D eigenvalue weighted by atomic mass is 9.83. The monoisotopic (exact) mass is 347 g/mol. The molecule has 0 N–H and O–H groups in total. The molecule has 1 aromatic heterocycles. The van der Waals surface area contributed by atoms with Gasteiger partial charge in [0.1, 0.15) is 12.4 Å². The van der Waals surface area contributed by atoms with Gasteiger partial charge in [0.25, 0.3) is 0 Å². The maximum absolute atomic E-state index is 12.6. The summed E-state index contributed by atoms with van der Waals surface area (Å²) in [5.41, 5.74) is -0.877. The fourth-order valence-corrected chi connectivity index (χ4v) is 4.31. The Balaban J connectivity index is 1.43. The summed E-state index contributed by atoms with van der Waals surface area (Å²) in [6.07, 6.45) is 2.47. The average molecular weight is 347 g/mol. The molecule has 0 aromatic carbocycles. The molecule has 2 fully saturated rings. The Labute approximate surface area is 146 Å². The van der Waals surface area contributed by atoms with E-state index in [-0.39, 0.29) is 12.5 Å². The van der Waals surface area contributed by atoms with Crippen LogP contribution in [0, 0.1) is 5.41 Å². The van der Waals surface area contributed by atoms with E-state index in [1.54, 1.807) is 4.90 Å². The molecular formula is C17H25N5O3. The second kappa shape index (κ2) is 5.79. The minimum Gasteiger partial charge on any atom is -0.339 e. The molecule has 4 rings (SSSR count). The smallest absolute Gasteiger partial charge is 0.333 e. The van der Waals surface area contributed by atoms with Gasteiger partial charge in [-0.2, -0.15) is 5.10 Å². The predicted molar refractivity (Wildman–Crippen MR) is 91.4 cm³/mol. The van der Waals surface area contributed by atoms with Crippen molar-refractivity contribution in [1.82, 2.24) is 24.1 Å². The molecule has 3 aliphatic heterocycles. The summed E-state index contributed by atoms with van der Waals surface area (Å²) >= 11 is 0. The second-order valence-electron chi connectivity index (χ2n) is 8.29. The first-order valence-electron chi connectivity index (χ1n) is 9.07. The van der Waals surface area contributed by atoms with Crippen LogP contribution in [0.15, 0.2) is 9.59 Å². The third-order valence-corrected chi connectivity index (χ3v) is 5.57. The summed E-state index contributed by atoms with van der Waals surface area (Å²) < 4.78 is 2.49. The Morgan fingerprint density at radius 1 is 1.20 bits per heavy atom. The van der Waals surface area contributed by atoms with E-state index in [2.05, 4.69) is 23.8 Å². The molecule has 0 bridgehead atoms. The molecular weight excluding hydrogens is 322 g/mol. The Kier molecular flexibility index (Phi) is 3.82. The van der Waals surface area contributed by atoms with E-state index in [9.17, 15) is 14.4 Å². The molecule has 1 aromatic rings. The van der Waals surface area contributed by atoms with Crippen LogP contribution in [0.3, 0.4) is 0 Å². The molecule has 0 aliphatic carbocycles. The maximum Gasteiger partial charge on any atom is 0.333 e. The van der Waals surface area contributed by atoms with Crippen LogP contribution in [0.5, 0.6) is 0 Å². The van der Waals surface area contributed by atoms with Crippen LogP contribution in [0.2, 0.25) is 0 Å². The number of hydrogen-bond donors (Lipinski definition) is 0. The van der Waals surface area contributed by atoms with Crippen LogP contribution < -0.4 is 11.1 Å². The number of carbonyl (C=O) groups is 1. The van der Waals surface area contributed by atoms with Crippen LogP contribution in [0.25, 0.3) is 0 Å². The topological polar surface area (TPSA) is 80.4 Å². The lowest BCUT2D eigenvalue weighted by Gasteiger charge is -2.49. The Morgan fingerprint density at radius 2 is 1.96 bits per heavy atom. The van der Waals surface area contributed by atoms with Gasteiger partial charge < -0.3 is 4.90 Å². The van der Waals surface area contributed by atoms with E-state index in [1.165, 1.54) is 4.57 Å². The van der Waals surface area contributed by atoms with E-state index in [4.69, 9.17) is 0 Å². The van der Waals surface area contributed by atoms with Crippen molar-refractivity contribution in [2.24, 2.45) is 5.41 Å². The standard InChI is InChI=1S/C17H25N5O3/c1-17(2)10-20(11-17)12-5-7-19(8-12)14(23)9-22-16(25)15(24)21-6-3-4-13(21)18-22/h12H,3-11H2,1-2H3. The lowest BCUT2D eigenvalue weighted by Crippen LogP contribution is -2.57. The Morgan fingerprint density at radius 3 is 2.68 bits per heavy atom. The first-order chi connectivity index (χ1) is 11.8. The van der Waals surface area contributed by atoms with Crippen molar-refractivity contribution in [1.29, 1.82) is 0 Å². The van der Waals surface area contributed by atoms with Gasteiger partial charge in [-0.1, -0.05) is 13.8 Å². The normalized spacial score (nSPS) is 25.0. The third kappa shape index (κ3) is 2.92. The van der Waals surface area contributed by atoms with Gasteiger partial charge in [-0.25, -0.2) is 4.68 Å². The van der Waals surface area contributed by atoms with Gasteiger partial charge in [0.2, 0.25) is 5.91 Å². The number of aromatic nitrogens is 3. The summed E-state index contributed by atoms with van der Waals surface area (Å²) in [6.45, 7) is 8.47. The molecule has 0 radical (unpaired) electrons. The van der Waals surface area contributed by atoms with Crippen molar-refractivity contribution in [3.63, 3.8) is 0 Å². The number of hydrogen-bond acceptors (Lipinski definition) is 5. The van der Waals surface area contributed by atoms with Crippen LogP contribution >= 0.6 is 0 Å². The fourth-order valence-electron chi connectivity index (χ4n) is 4.31. The van der Waals surface area contributed by atoms with Gasteiger partial charge in [0.15, 0.2) is 0 Å². The minimum absolute atomic E-state index is 0.126. The molecule has 1 atom stereocenters. The zero-order valence-corrected chi connectivity index (χ0v) is 14.9. The molecule has 1 unspecified atom stereocenters. The van der Waals surface area contributed by atoms with E-state index >= 15 is 0 Å². The number of likely N-dealkylation sites (tertiary alicyclic amines) is 2. The first kappa shape index (κ1) is 16.5. The molecule has 0 spiro atoms. The Bertz CT molecular complexity index is 817. The van der Waals surface area contributed by atoms with Gasteiger partial charge >= 0.3 is 11.1 Å². The van der Waals surface area contributed by atoms with Crippen molar-refractivity contribution in [3.8, 4) is 0 Å². The summed E-state index contributed by atoms with van der Waals surface area (Å²) in [5, 5.41) is 4.23.